The molecule has 0 aliphatic heterocycles. The monoisotopic (exact) mass is 234 g/mol. The van der Waals surface area contributed by atoms with E-state index in [9.17, 15) is 0 Å². The first-order valence-electron chi connectivity index (χ1n) is 4.99. The molecule has 0 aliphatic rings. The Morgan fingerprint density at radius 3 is 2.62 bits per heavy atom. The minimum absolute atomic E-state index is 0.811. The van der Waals surface area contributed by atoms with Crippen LogP contribution < -0.4 is 4.74 Å². The normalized spacial score (nSPS) is 10.5. The minimum Gasteiger partial charge on any atom is -0.497 e. The average Bonchev–Trinajstić information content (AvgIpc) is 2.57. The van der Waals surface area contributed by atoms with E-state index in [-0.39, 0.29) is 0 Å². The standard InChI is InChI=1S/C12H14N2OS/c1-8-12(7-14(2)13-8)9-4-10(15-3)6-11(16)5-9/h4-7,16H,1-3H3. The van der Waals surface area contributed by atoms with Gasteiger partial charge in [-0.25, -0.2) is 0 Å². The molecule has 1 aromatic heterocycles. The Morgan fingerprint density at radius 1 is 1.31 bits per heavy atom. The number of hydrogen-bond donors (Lipinski definition) is 1. The highest BCUT2D eigenvalue weighted by Crippen LogP contribution is 2.29. The molecule has 0 fully saturated rings. The Hall–Kier alpha value is -1.42. The van der Waals surface area contributed by atoms with E-state index in [1.54, 1.807) is 7.11 Å². The molecule has 0 aliphatic carbocycles. The van der Waals surface area contributed by atoms with E-state index in [2.05, 4.69) is 17.7 Å². The summed E-state index contributed by atoms with van der Waals surface area (Å²) in [6.45, 7) is 1.99. The average molecular weight is 234 g/mol. The zero-order chi connectivity index (χ0) is 11.7. The zero-order valence-corrected chi connectivity index (χ0v) is 10.5. The molecule has 0 bridgehead atoms. The van der Waals surface area contributed by atoms with Crippen LogP contribution in [0.3, 0.4) is 0 Å². The topological polar surface area (TPSA) is 27.1 Å². The van der Waals surface area contributed by atoms with Crippen molar-refractivity contribution in [1.29, 1.82) is 0 Å². The highest BCUT2D eigenvalue weighted by Gasteiger charge is 2.07. The van der Waals surface area contributed by atoms with Gasteiger partial charge in [-0.1, -0.05) is 0 Å². The first-order chi connectivity index (χ1) is 7.60. The molecule has 0 N–H and O–H groups in total. The molecular formula is C12H14N2OS. The minimum atomic E-state index is 0.811. The fourth-order valence-electron chi connectivity index (χ4n) is 1.74. The lowest BCUT2D eigenvalue weighted by atomic mass is 10.1. The van der Waals surface area contributed by atoms with Crippen molar-refractivity contribution in [3.05, 3.63) is 30.1 Å². The summed E-state index contributed by atoms with van der Waals surface area (Å²) in [7, 11) is 3.57. The SMILES string of the molecule is COc1cc(S)cc(-c2cn(C)nc2C)c1. The van der Waals surface area contributed by atoms with E-state index in [1.165, 1.54) is 0 Å². The number of nitrogens with zero attached hydrogens (tertiary/aromatic N) is 2. The second-order valence-electron chi connectivity index (χ2n) is 3.72. The van der Waals surface area contributed by atoms with Crippen molar-refractivity contribution in [1.82, 2.24) is 9.78 Å². The predicted molar refractivity (Wildman–Crippen MR) is 67.2 cm³/mol. The summed E-state index contributed by atoms with van der Waals surface area (Å²) >= 11 is 4.36. The van der Waals surface area contributed by atoms with E-state index >= 15 is 0 Å². The fourth-order valence-corrected chi connectivity index (χ4v) is 2.01. The molecule has 84 valence electrons. The molecule has 2 aromatic rings. The number of ether oxygens (including phenoxy) is 1. The van der Waals surface area contributed by atoms with Crippen LogP contribution in [0.25, 0.3) is 11.1 Å². The number of rotatable bonds is 2. The van der Waals surface area contributed by atoms with Crippen molar-refractivity contribution in [2.24, 2.45) is 7.05 Å². The van der Waals surface area contributed by atoms with Crippen molar-refractivity contribution in [2.75, 3.05) is 7.11 Å². The molecule has 2 rings (SSSR count). The number of benzene rings is 1. The Bertz CT molecular complexity index is 520. The highest BCUT2D eigenvalue weighted by molar-refractivity contribution is 7.80. The molecule has 0 spiro atoms. The van der Waals surface area contributed by atoms with E-state index in [4.69, 9.17) is 4.74 Å². The summed E-state index contributed by atoms with van der Waals surface area (Å²) in [5, 5.41) is 4.32. The number of hydrogen-bond acceptors (Lipinski definition) is 3. The fraction of sp³-hybridized carbons (Fsp3) is 0.250. The maximum atomic E-state index is 5.23. The van der Waals surface area contributed by atoms with Gasteiger partial charge >= 0.3 is 0 Å². The van der Waals surface area contributed by atoms with Crippen molar-refractivity contribution >= 4 is 12.6 Å². The Morgan fingerprint density at radius 2 is 2.06 bits per heavy atom. The molecule has 1 aromatic carbocycles. The van der Waals surface area contributed by atoms with Crippen molar-refractivity contribution in [3.63, 3.8) is 0 Å². The molecule has 16 heavy (non-hydrogen) atoms. The lowest BCUT2D eigenvalue weighted by molar-refractivity contribution is 0.414. The van der Waals surface area contributed by atoms with Gasteiger partial charge in [0.05, 0.1) is 12.8 Å². The summed E-state index contributed by atoms with van der Waals surface area (Å²) in [5.74, 6) is 0.811. The number of thiol groups is 1. The van der Waals surface area contributed by atoms with Gasteiger partial charge in [0, 0.05) is 23.7 Å². The van der Waals surface area contributed by atoms with Gasteiger partial charge in [0.2, 0.25) is 0 Å². The molecule has 0 saturated heterocycles. The molecule has 3 nitrogen and oxygen atoms in total. The van der Waals surface area contributed by atoms with Gasteiger partial charge in [-0.15, -0.1) is 12.6 Å². The molecule has 0 saturated carbocycles. The summed E-state index contributed by atoms with van der Waals surface area (Å²) in [5.41, 5.74) is 3.19. The molecule has 1 heterocycles. The molecule has 0 radical (unpaired) electrons. The maximum absolute atomic E-state index is 5.23. The second-order valence-corrected chi connectivity index (χ2v) is 4.24. The summed E-state index contributed by atoms with van der Waals surface area (Å²) in [6.07, 6.45) is 2.00. The van der Waals surface area contributed by atoms with Crippen LogP contribution >= 0.6 is 12.6 Å². The van der Waals surface area contributed by atoms with Crippen LogP contribution in [0.15, 0.2) is 29.3 Å². The van der Waals surface area contributed by atoms with Gasteiger partial charge in [-0.3, -0.25) is 4.68 Å². The van der Waals surface area contributed by atoms with E-state index in [0.29, 0.717) is 0 Å². The largest absolute Gasteiger partial charge is 0.497 e. The van der Waals surface area contributed by atoms with Crippen LogP contribution in [0.5, 0.6) is 5.75 Å². The van der Waals surface area contributed by atoms with Crippen LogP contribution in [0.1, 0.15) is 5.69 Å². The first-order valence-corrected chi connectivity index (χ1v) is 5.43. The zero-order valence-electron chi connectivity index (χ0n) is 9.56. The summed E-state index contributed by atoms with van der Waals surface area (Å²) in [6, 6.07) is 5.89. The van der Waals surface area contributed by atoms with Crippen molar-refractivity contribution in [2.45, 2.75) is 11.8 Å². The lowest BCUT2D eigenvalue weighted by Gasteiger charge is -2.05. The smallest absolute Gasteiger partial charge is 0.120 e. The molecule has 4 heteroatoms. The summed E-state index contributed by atoms with van der Waals surface area (Å²) in [4.78, 5) is 0.887. The van der Waals surface area contributed by atoms with Crippen molar-refractivity contribution < 1.29 is 4.74 Å². The Balaban J connectivity index is 2.55. The first kappa shape index (κ1) is 11.1. The van der Waals surface area contributed by atoms with Crippen LogP contribution in [0.4, 0.5) is 0 Å². The van der Waals surface area contributed by atoms with Gasteiger partial charge in [0.15, 0.2) is 0 Å². The van der Waals surface area contributed by atoms with Gasteiger partial charge in [0.1, 0.15) is 5.75 Å². The van der Waals surface area contributed by atoms with Crippen LogP contribution in [-0.2, 0) is 7.05 Å². The van der Waals surface area contributed by atoms with E-state index in [0.717, 1.165) is 27.5 Å². The number of methoxy groups -OCH3 is 1. The molecule has 0 unspecified atom stereocenters. The van der Waals surface area contributed by atoms with Crippen molar-refractivity contribution in [3.8, 4) is 16.9 Å². The maximum Gasteiger partial charge on any atom is 0.120 e. The van der Waals surface area contributed by atoms with Gasteiger partial charge in [0.25, 0.3) is 0 Å². The Labute approximate surface area is 100 Å². The second kappa shape index (κ2) is 4.22. The summed E-state index contributed by atoms with van der Waals surface area (Å²) < 4.78 is 7.04. The third-order valence-electron chi connectivity index (χ3n) is 2.45. The van der Waals surface area contributed by atoms with Gasteiger partial charge < -0.3 is 4.74 Å². The molecule has 0 atom stereocenters. The highest BCUT2D eigenvalue weighted by atomic mass is 32.1. The number of aryl methyl sites for hydroxylation is 2. The van der Waals surface area contributed by atoms with E-state index < -0.39 is 0 Å². The van der Waals surface area contributed by atoms with Crippen LogP contribution in [-0.4, -0.2) is 16.9 Å². The third kappa shape index (κ3) is 2.07. The Kier molecular flexibility index (Phi) is 2.92. The lowest BCUT2D eigenvalue weighted by Crippen LogP contribution is -1.86. The van der Waals surface area contributed by atoms with Gasteiger partial charge in [-0.05, 0) is 30.7 Å². The van der Waals surface area contributed by atoms with Crippen LogP contribution in [0.2, 0.25) is 0 Å². The van der Waals surface area contributed by atoms with Crippen LogP contribution in [0, 0.1) is 6.92 Å². The third-order valence-corrected chi connectivity index (χ3v) is 2.71. The molecular weight excluding hydrogens is 220 g/mol. The van der Waals surface area contributed by atoms with Gasteiger partial charge in [-0.2, -0.15) is 5.10 Å². The number of aromatic nitrogens is 2. The predicted octanol–water partition coefficient (Wildman–Crippen LogP) is 2.69. The quantitative estimate of drug-likeness (QED) is 0.809. The molecule has 0 amide bonds. The van der Waals surface area contributed by atoms with E-state index in [1.807, 2.05) is 43.0 Å².